The highest BCUT2D eigenvalue weighted by Gasteiger charge is 2.07. The van der Waals surface area contributed by atoms with Crippen molar-refractivity contribution in [1.82, 2.24) is 0 Å². The highest BCUT2D eigenvalue weighted by molar-refractivity contribution is 6.39. The Hall–Kier alpha value is -1.09. The third-order valence-corrected chi connectivity index (χ3v) is 3.44. The van der Waals surface area contributed by atoms with Crippen LogP contribution in [0.15, 0.2) is 36.4 Å². The maximum absolute atomic E-state index is 6.08. The van der Waals surface area contributed by atoms with Crippen molar-refractivity contribution in [2.45, 2.75) is 6.54 Å². The zero-order chi connectivity index (χ0) is 13.1. The van der Waals surface area contributed by atoms with Crippen LogP contribution in [0.2, 0.25) is 15.1 Å². The van der Waals surface area contributed by atoms with Gasteiger partial charge in [0.05, 0.1) is 15.7 Å². The van der Waals surface area contributed by atoms with Crippen LogP contribution in [0.5, 0.6) is 0 Å². The largest absolute Gasteiger partial charge is 0.399 e. The molecule has 0 amide bonds. The summed E-state index contributed by atoms with van der Waals surface area (Å²) in [5.41, 5.74) is 7.81. The monoisotopic (exact) mass is 300 g/mol. The number of rotatable bonds is 3. The highest BCUT2D eigenvalue weighted by atomic mass is 35.5. The lowest BCUT2D eigenvalue weighted by molar-refractivity contribution is 1.15. The van der Waals surface area contributed by atoms with Gasteiger partial charge in [-0.2, -0.15) is 0 Å². The highest BCUT2D eigenvalue weighted by Crippen LogP contribution is 2.33. The standard InChI is InChI=1S/C13H11Cl3N2/c14-10-4-2-1-3-8(10)7-18-13-11(15)5-9(17)6-12(13)16/h1-6,18H,7,17H2. The maximum atomic E-state index is 6.08. The van der Waals surface area contributed by atoms with Gasteiger partial charge < -0.3 is 11.1 Å². The average molecular weight is 302 g/mol. The Morgan fingerprint density at radius 3 is 2.17 bits per heavy atom. The van der Waals surface area contributed by atoms with Crippen LogP contribution >= 0.6 is 34.8 Å². The second kappa shape index (κ2) is 5.70. The first-order valence-electron chi connectivity index (χ1n) is 5.29. The summed E-state index contributed by atoms with van der Waals surface area (Å²) in [5.74, 6) is 0. The van der Waals surface area contributed by atoms with Crippen molar-refractivity contribution in [3.63, 3.8) is 0 Å². The van der Waals surface area contributed by atoms with Crippen LogP contribution in [0.4, 0.5) is 11.4 Å². The van der Waals surface area contributed by atoms with Gasteiger partial charge in [-0.05, 0) is 23.8 Å². The summed E-state index contributed by atoms with van der Waals surface area (Å²) in [6.45, 7) is 0.545. The molecule has 0 aromatic heterocycles. The summed E-state index contributed by atoms with van der Waals surface area (Å²) in [7, 11) is 0. The Morgan fingerprint density at radius 1 is 0.944 bits per heavy atom. The average Bonchev–Trinajstić information content (AvgIpc) is 2.30. The van der Waals surface area contributed by atoms with Gasteiger partial charge in [0.25, 0.3) is 0 Å². The van der Waals surface area contributed by atoms with Crippen LogP contribution in [0, 0.1) is 0 Å². The van der Waals surface area contributed by atoms with Crippen LogP contribution in [0.25, 0.3) is 0 Å². The zero-order valence-electron chi connectivity index (χ0n) is 9.38. The summed E-state index contributed by atoms with van der Waals surface area (Å²) in [6, 6.07) is 10.9. The number of hydrogen-bond acceptors (Lipinski definition) is 2. The lowest BCUT2D eigenvalue weighted by Gasteiger charge is -2.12. The Balaban J connectivity index is 2.19. The summed E-state index contributed by atoms with van der Waals surface area (Å²) >= 11 is 18.2. The molecule has 0 heterocycles. The molecule has 0 atom stereocenters. The van der Waals surface area contributed by atoms with Crippen molar-refractivity contribution in [3.8, 4) is 0 Å². The fraction of sp³-hybridized carbons (Fsp3) is 0.0769. The van der Waals surface area contributed by atoms with E-state index in [0.29, 0.717) is 33.0 Å². The van der Waals surface area contributed by atoms with E-state index in [1.807, 2.05) is 24.3 Å². The van der Waals surface area contributed by atoms with Gasteiger partial charge in [0.1, 0.15) is 0 Å². The van der Waals surface area contributed by atoms with Crippen molar-refractivity contribution >= 4 is 46.2 Å². The molecular weight excluding hydrogens is 291 g/mol. The minimum absolute atomic E-state index is 0.493. The van der Waals surface area contributed by atoms with Crippen molar-refractivity contribution < 1.29 is 0 Å². The molecule has 0 spiro atoms. The quantitative estimate of drug-likeness (QED) is 0.796. The topological polar surface area (TPSA) is 38.0 Å². The molecule has 3 N–H and O–H groups in total. The molecule has 0 saturated carbocycles. The minimum atomic E-state index is 0.493. The van der Waals surface area contributed by atoms with Crippen LogP contribution in [-0.2, 0) is 6.54 Å². The number of anilines is 2. The van der Waals surface area contributed by atoms with E-state index in [2.05, 4.69) is 5.32 Å². The van der Waals surface area contributed by atoms with Gasteiger partial charge in [-0.25, -0.2) is 0 Å². The van der Waals surface area contributed by atoms with Crippen molar-refractivity contribution in [2.75, 3.05) is 11.1 Å². The molecule has 0 bridgehead atoms. The van der Waals surface area contributed by atoms with E-state index in [1.54, 1.807) is 12.1 Å². The number of halogens is 3. The number of nitrogen functional groups attached to an aromatic ring is 1. The van der Waals surface area contributed by atoms with Crippen LogP contribution in [-0.4, -0.2) is 0 Å². The molecule has 2 nitrogen and oxygen atoms in total. The smallest absolute Gasteiger partial charge is 0.0723 e. The molecule has 5 heteroatoms. The number of nitrogens with two attached hydrogens (primary N) is 1. The first-order valence-corrected chi connectivity index (χ1v) is 6.43. The Bertz CT molecular complexity index is 547. The fourth-order valence-corrected chi connectivity index (χ4v) is 2.43. The SMILES string of the molecule is Nc1cc(Cl)c(NCc2ccccc2Cl)c(Cl)c1. The Morgan fingerprint density at radius 2 is 1.56 bits per heavy atom. The number of hydrogen-bond donors (Lipinski definition) is 2. The number of nitrogens with one attached hydrogen (secondary N) is 1. The summed E-state index contributed by atoms with van der Waals surface area (Å²) in [4.78, 5) is 0. The van der Waals surface area contributed by atoms with E-state index in [-0.39, 0.29) is 0 Å². The van der Waals surface area contributed by atoms with E-state index in [0.717, 1.165) is 5.56 Å². The van der Waals surface area contributed by atoms with Gasteiger partial charge >= 0.3 is 0 Å². The van der Waals surface area contributed by atoms with Gasteiger partial charge in [0.15, 0.2) is 0 Å². The molecule has 0 unspecified atom stereocenters. The lowest BCUT2D eigenvalue weighted by atomic mass is 10.2. The summed E-state index contributed by atoms with van der Waals surface area (Å²) < 4.78 is 0. The molecule has 0 fully saturated rings. The van der Waals surface area contributed by atoms with Gasteiger partial charge in [0, 0.05) is 17.3 Å². The molecular formula is C13H11Cl3N2. The predicted molar refractivity (Wildman–Crippen MR) is 79.7 cm³/mol. The molecule has 0 aliphatic rings. The van der Waals surface area contributed by atoms with Crippen LogP contribution in [0.1, 0.15) is 5.56 Å². The minimum Gasteiger partial charge on any atom is -0.399 e. The molecule has 18 heavy (non-hydrogen) atoms. The molecule has 0 radical (unpaired) electrons. The third-order valence-electron chi connectivity index (χ3n) is 2.48. The first-order chi connectivity index (χ1) is 8.58. The summed E-state index contributed by atoms with van der Waals surface area (Å²) in [6.07, 6.45) is 0. The summed E-state index contributed by atoms with van der Waals surface area (Å²) in [5, 5.41) is 4.85. The van der Waals surface area contributed by atoms with Gasteiger partial charge in [-0.1, -0.05) is 53.0 Å². The molecule has 2 aromatic carbocycles. The van der Waals surface area contributed by atoms with Crippen LogP contribution < -0.4 is 11.1 Å². The van der Waals surface area contributed by atoms with Crippen molar-refractivity contribution in [2.24, 2.45) is 0 Å². The van der Waals surface area contributed by atoms with Gasteiger partial charge in [0.2, 0.25) is 0 Å². The van der Waals surface area contributed by atoms with E-state index < -0.39 is 0 Å². The zero-order valence-corrected chi connectivity index (χ0v) is 11.7. The molecule has 0 saturated heterocycles. The van der Waals surface area contributed by atoms with Gasteiger partial charge in [-0.3, -0.25) is 0 Å². The maximum Gasteiger partial charge on any atom is 0.0723 e. The van der Waals surface area contributed by atoms with E-state index in [9.17, 15) is 0 Å². The molecule has 0 aliphatic heterocycles. The second-order valence-corrected chi connectivity index (χ2v) is 5.03. The Kier molecular flexibility index (Phi) is 4.23. The van der Waals surface area contributed by atoms with E-state index >= 15 is 0 Å². The normalized spacial score (nSPS) is 10.4. The molecule has 2 aromatic rings. The van der Waals surface area contributed by atoms with Crippen molar-refractivity contribution in [1.29, 1.82) is 0 Å². The van der Waals surface area contributed by atoms with E-state index in [1.165, 1.54) is 0 Å². The number of benzene rings is 2. The molecule has 94 valence electrons. The fourth-order valence-electron chi connectivity index (χ4n) is 1.59. The lowest BCUT2D eigenvalue weighted by Crippen LogP contribution is -2.01. The van der Waals surface area contributed by atoms with E-state index in [4.69, 9.17) is 40.5 Å². The molecule has 2 rings (SSSR count). The molecule has 0 aliphatic carbocycles. The second-order valence-electron chi connectivity index (χ2n) is 3.80. The van der Waals surface area contributed by atoms with Gasteiger partial charge in [-0.15, -0.1) is 0 Å². The predicted octanol–water partition coefficient (Wildman–Crippen LogP) is 4.84. The Labute approximate surface area is 121 Å². The third kappa shape index (κ3) is 3.02. The van der Waals surface area contributed by atoms with Crippen LogP contribution in [0.3, 0.4) is 0 Å². The first kappa shape index (κ1) is 13.3. The van der Waals surface area contributed by atoms with Crippen molar-refractivity contribution in [3.05, 3.63) is 57.0 Å².